The summed E-state index contributed by atoms with van der Waals surface area (Å²) in [5, 5.41) is 0. The molecule has 1 aliphatic carbocycles. The Bertz CT molecular complexity index is 673. The summed E-state index contributed by atoms with van der Waals surface area (Å²) in [4.78, 5) is 41.0. The molecule has 1 aromatic carbocycles. The Morgan fingerprint density at radius 1 is 1.04 bits per heavy atom. The Morgan fingerprint density at radius 2 is 1.67 bits per heavy atom. The van der Waals surface area contributed by atoms with Crippen LogP contribution in [-0.2, 0) is 0 Å². The maximum absolute atomic E-state index is 12.8. The SMILES string of the molecule is CCN(CC)C(=O)c1ccc2c(c1)C(=O)N(C1CCCCC1)C2=O. The van der Waals surface area contributed by atoms with Gasteiger partial charge in [0.15, 0.2) is 0 Å². The van der Waals surface area contributed by atoms with E-state index in [-0.39, 0.29) is 23.8 Å². The van der Waals surface area contributed by atoms with Crippen LogP contribution in [0.5, 0.6) is 0 Å². The van der Waals surface area contributed by atoms with Crippen molar-refractivity contribution in [3.8, 4) is 0 Å². The second-order valence-corrected chi connectivity index (χ2v) is 6.51. The van der Waals surface area contributed by atoms with Crippen molar-refractivity contribution < 1.29 is 14.4 Å². The first-order chi connectivity index (χ1) is 11.6. The molecule has 0 aromatic heterocycles. The lowest BCUT2D eigenvalue weighted by Crippen LogP contribution is -2.40. The summed E-state index contributed by atoms with van der Waals surface area (Å²) < 4.78 is 0. The van der Waals surface area contributed by atoms with Crippen molar-refractivity contribution in [1.29, 1.82) is 0 Å². The molecule has 5 nitrogen and oxygen atoms in total. The number of rotatable bonds is 4. The van der Waals surface area contributed by atoms with Gasteiger partial charge < -0.3 is 4.90 Å². The van der Waals surface area contributed by atoms with Gasteiger partial charge in [0.2, 0.25) is 0 Å². The maximum Gasteiger partial charge on any atom is 0.261 e. The van der Waals surface area contributed by atoms with Crippen LogP contribution in [-0.4, -0.2) is 46.7 Å². The van der Waals surface area contributed by atoms with Gasteiger partial charge in [0, 0.05) is 24.7 Å². The number of benzene rings is 1. The van der Waals surface area contributed by atoms with Gasteiger partial charge in [0.05, 0.1) is 11.1 Å². The molecular weight excluding hydrogens is 304 g/mol. The van der Waals surface area contributed by atoms with E-state index in [1.54, 1.807) is 23.1 Å². The van der Waals surface area contributed by atoms with Crippen molar-refractivity contribution in [2.75, 3.05) is 13.1 Å². The minimum Gasteiger partial charge on any atom is -0.339 e. The predicted octanol–water partition coefficient (Wildman–Crippen LogP) is 3.10. The van der Waals surface area contributed by atoms with Gasteiger partial charge in [-0.2, -0.15) is 0 Å². The third-order valence-corrected chi connectivity index (χ3v) is 5.16. The van der Waals surface area contributed by atoms with E-state index in [2.05, 4.69) is 0 Å². The number of imide groups is 1. The number of nitrogens with zero attached hydrogens (tertiary/aromatic N) is 2. The quantitative estimate of drug-likeness (QED) is 0.798. The summed E-state index contributed by atoms with van der Waals surface area (Å²) >= 11 is 0. The summed E-state index contributed by atoms with van der Waals surface area (Å²) in [6, 6.07) is 4.90. The van der Waals surface area contributed by atoms with Gasteiger partial charge >= 0.3 is 0 Å². The van der Waals surface area contributed by atoms with E-state index in [4.69, 9.17) is 0 Å². The van der Waals surface area contributed by atoms with Crippen molar-refractivity contribution >= 4 is 17.7 Å². The van der Waals surface area contributed by atoms with Crippen LogP contribution in [0.4, 0.5) is 0 Å². The highest BCUT2D eigenvalue weighted by atomic mass is 16.2. The average Bonchev–Trinajstić information content (AvgIpc) is 2.87. The Morgan fingerprint density at radius 3 is 2.29 bits per heavy atom. The minimum atomic E-state index is -0.240. The molecule has 0 radical (unpaired) electrons. The zero-order valence-electron chi connectivity index (χ0n) is 14.4. The normalized spacial score (nSPS) is 18.0. The molecule has 0 spiro atoms. The van der Waals surface area contributed by atoms with Crippen LogP contribution in [0.25, 0.3) is 0 Å². The molecule has 3 amide bonds. The molecule has 5 heteroatoms. The molecule has 2 aliphatic rings. The average molecular weight is 328 g/mol. The predicted molar refractivity (Wildman–Crippen MR) is 91.1 cm³/mol. The summed E-state index contributed by atoms with van der Waals surface area (Å²) in [6.45, 7) is 5.09. The van der Waals surface area contributed by atoms with Crippen LogP contribution >= 0.6 is 0 Å². The fourth-order valence-corrected chi connectivity index (χ4v) is 3.76. The first-order valence-electron chi connectivity index (χ1n) is 8.89. The molecule has 128 valence electrons. The standard InChI is InChI=1S/C19H24N2O3/c1-3-20(4-2)17(22)13-10-11-15-16(12-13)19(24)21(18(15)23)14-8-6-5-7-9-14/h10-12,14H,3-9H2,1-2H3. The van der Waals surface area contributed by atoms with E-state index in [1.807, 2.05) is 13.8 Å². The van der Waals surface area contributed by atoms with E-state index in [9.17, 15) is 14.4 Å². The van der Waals surface area contributed by atoms with Gasteiger partial charge in [-0.05, 0) is 44.9 Å². The van der Waals surface area contributed by atoms with Crippen molar-refractivity contribution in [1.82, 2.24) is 9.80 Å². The van der Waals surface area contributed by atoms with Crippen molar-refractivity contribution in [2.45, 2.75) is 52.0 Å². The zero-order chi connectivity index (χ0) is 17.3. The molecule has 0 atom stereocenters. The molecule has 3 rings (SSSR count). The fraction of sp³-hybridized carbons (Fsp3) is 0.526. The third kappa shape index (κ3) is 2.72. The van der Waals surface area contributed by atoms with E-state index >= 15 is 0 Å². The highest BCUT2D eigenvalue weighted by molar-refractivity contribution is 6.22. The van der Waals surface area contributed by atoms with Gasteiger partial charge in [-0.1, -0.05) is 19.3 Å². The molecule has 0 unspecified atom stereocenters. The molecule has 1 aliphatic heterocycles. The van der Waals surface area contributed by atoms with Crippen LogP contribution in [0.1, 0.15) is 77.0 Å². The Hall–Kier alpha value is -2.17. The monoisotopic (exact) mass is 328 g/mol. The third-order valence-electron chi connectivity index (χ3n) is 5.16. The van der Waals surface area contributed by atoms with Crippen molar-refractivity contribution in [3.05, 3.63) is 34.9 Å². The van der Waals surface area contributed by atoms with Gasteiger partial charge in [-0.25, -0.2) is 0 Å². The molecule has 1 heterocycles. The molecule has 0 N–H and O–H groups in total. The number of amides is 3. The Balaban J connectivity index is 1.90. The summed E-state index contributed by atoms with van der Waals surface area (Å²) in [5.41, 5.74) is 1.29. The van der Waals surface area contributed by atoms with E-state index in [1.165, 1.54) is 11.3 Å². The first kappa shape index (κ1) is 16.7. The van der Waals surface area contributed by atoms with E-state index < -0.39 is 0 Å². The smallest absolute Gasteiger partial charge is 0.261 e. The van der Waals surface area contributed by atoms with E-state index in [0.717, 1.165) is 25.7 Å². The van der Waals surface area contributed by atoms with Crippen molar-refractivity contribution in [2.24, 2.45) is 0 Å². The maximum atomic E-state index is 12.8. The number of hydrogen-bond donors (Lipinski definition) is 0. The van der Waals surface area contributed by atoms with Gasteiger partial charge in [0.1, 0.15) is 0 Å². The molecule has 1 aromatic rings. The lowest BCUT2D eigenvalue weighted by atomic mass is 9.94. The van der Waals surface area contributed by atoms with Gasteiger partial charge in [-0.3, -0.25) is 19.3 Å². The van der Waals surface area contributed by atoms with Gasteiger partial charge in [0.25, 0.3) is 17.7 Å². The lowest BCUT2D eigenvalue weighted by molar-refractivity contribution is 0.0548. The van der Waals surface area contributed by atoms with Crippen molar-refractivity contribution in [3.63, 3.8) is 0 Å². The zero-order valence-corrected chi connectivity index (χ0v) is 14.4. The lowest BCUT2D eigenvalue weighted by Gasteiger charge is -2.29. The topological polar surface area (TPSA) is 57.7 Å². The highest BCUT2D eigenvalue weighted by Gasteiger charge is 2.40. The van der Waals surface area contributed by atoms with Crippen LogP contribution in [0.15, 0.2) is 18.2 Å². The fourth-order valence-electron chi connectivity index (χ4n) is 3.76. The molecule has 0 saturated heterocycles. The second-order valence-electron chi connectivity index (χ2n) is 6.51. The molecule has 1 saturated carbocycles. The van der Waals surface area contributed by atoms with Gasteiger partial charge in [-0.15, -0.1) is 0 Å². The van der Waals surface area contributed by atoms with Crippen LogP contribution < -0.4 is 0 Å². The Labute approximate surface area is 142 Å². The largest absolute Gasteiger partial charge is 0.339 e. The second kappa shape index (κ2) is 6.75. The van der Waals surface area contributed by atoms with E-state index in [0.29, 0.717) is 29.8 Å². The molecule has 1 fully saturated rings. The van der Waals surface area contributed by atoms with Crippen LogP contribution in [0.2, 0.25) is 0 Å². The van der Waals surface area contributed by atoms with Crippen LogP contribution in [0, 0.1) is 0 Å². The summed E-state index contributed by atoms with van der Waals surface area (Å²) in [7, 11) is 0. The number of hydrogen-bond acceptors (Lipinski definition) is 3. The summed E-state index contributed by atoms with van der Waals surface area (Å²) in [5.74, 6) is -0.543. The number of fused-ring (bicyclic) bond motifs is 1. The molecule has 0 bridgehead atoms. The number of carbonyl (C=O) groups is 3. The van der Waals surface area contributed by atoms with Crippen LogP contribution in [0.3, 0.4) is 0 Å². The minimum absolute atomic E-state index is 0.00748. The highest BCUT2D eigenvalue weighted by Crippen LogP contribution is 2.31. The summed E-state index contributed by atoms with van der Waals surface area (Å²) in [6.07, 6.45) is 5.06. The Kier molecular flexibility index (Phi) is 4.69. The molecular formula is C19H24N2O3. The molecule has 24 heavy (non-hydrogen) atoms. The number of carbonyl (C=O) groups excluding carboxylic acids is 3. The first-order valence-corrected chi connectivity index (χ1v) is 8.89.